The Bertz CT molecular complexity index is 890. The Hall–Kier alpha value is -3.60. The Kier molecular flexibility index (Phi) is 7.34. The predicted molar refractivity (Wildman–Crippen MR) is 99.5 cm³/mol. The topological polar surface area (TPSA) is 80.6 Å². The number of hydrogen-bond donors (Lipinski definition) is 1. The molecule has 2 rings (SSSR count). The minimum Gasteiger partial charge on any atom is -0.494 e. The molecular weight excluding hydrogens is 370 g/mol. The number of nitriles is 1. The predicted octanol–water partition coefficient (Wildman–Crippen LogP) is 4.24. The molecule has 6 nitrogen and oxygen atoms in total. The third-order valence-electron chi connectivity index (χ3n) is 3.50. The van der Waals surface area contributed by atoms with Gasteiger partial charge in [0.15, 0.2) is 11.5 Å². The number of methoxy groups -OCH3 is 1. The second-order valence-corrected chi connectivity index (χ2v) is 5.37. The summed E-state index contributed by atoms with van der Waals surface area (Å²) in [7, 11) is 1.30. The SMILES string of the molecule is CCOc1ccc(NC(=O)/C(C#N)=C/c2ccc(OC(F)F)c(OC)c2)cc1. The van der Waals surface area contributed by atoms with E-state index in [9.17, 15) is 18.8 Å². The molecule has 0 heterocycles. The molecule has 2 aromatic rings. The number of benzene rings is 2. The van der Waals surface area contributed by atoms with E-state index in [1.807, 2.05) is 13.0 Å². The summed E-state index contributed by atoms with van der Waals surface area (Å²) in [5, 5.41) is 11.9. The van der Waals surface area contributed by atoms with Crippen molar-refractivity contribution < 1.29 is 27.8 Å². The number of carbonyl (C=O) groups excluding carboxylic acids is 1. The summed E-state index contributed by atoms with van der Waals surface area (Å²) in [6.07, 6.45) is 1.32. The molecule has 2 aromatic carbocycles. The Morgan fingerprint density at radius 3 is 2.50 bits per heavy atom. The summed E-state index contributed by atoms with van der Waals surface area (Å²) in [6.45, 7) is -0.608. The summed E-state index contributed by atoms with van der Waals surface area (Å²) >= 11 is 0. The highest BCUT2D eigenvalue weighted by molar-refractivity contribution is 6.09. The third kappa shape index (κ3) is 5.71. The second-order valence-electron chi connectivity index (χ2n) is 5.37. The van der Waals surface area contributed by atoms with Gasteiger partial charge in [-0.15, -0.1) is 0 Å². The van der Waals surface area contributed by atoms with Gasteiger partial charge < -0.3 is 19.5 Å². The number of amides is 1. The van der Waals surface area contributed by atoms with Crippen molar-refractivity contribution in [3.63, 3.8) is 0 Å². The first-order chi connectivity index (χ1) is 13.5. The molecule has 1 amide bonds. The lowest BCUT2D eigenvalue weighted by Crippen LogP contribution is -2.13. The fraction of sp³-hybridized carbons (Fsp3) is 0.200. The van der Waals surface area contributed by atoms with Crippen LogP contribution in [0.25, 0.3) is 6.08 Å². The van der Waals surface area contributed by atoms with Crippen LogP contribution in [-0.4, -0.2) is 26.2 Å². The van der Waals surface area contributed by atoms with Gasteiger partial charge in [-0.2, -0.15) is 14.0 Å². The molecule has 8 heteroatoms. The molecule has 0 aromatic heterocycles. The standard InChI is InChI=1S/C20H18F2N2O4/c1-3-27-16-7-5-15(6-8-16)24-19(25)14(12-23)10-13-4-9-17(28-20(21)22)18(11-13)26-2/h4-11,20H,3H2,1-2H3,(H,24,25)/b14-10+. The summed E-state index contributed by atoms with van der Waals surface area (Å²) in [5.41, 5.74) is 0.739. The second kappa shape index (κ2) is 9.92. The molecule has 0 aliphatic rings. The van der Waals surface area contributed by atoms with Gasteiger partial charge in [-0.3, -0.25) is 4.79 Å². The van der Waals surface area contributed by atoms with Gasteiger partial charge >= 0.3 is 6.61 Å². The van der Waals surface area contributed by atoms with Crippen LogP contribution in [0.1, 0.15) is 12.5 Å². The monoisotopic (exact) mass is 388 g/mol. The highest BCUT2D eigenvalue weighted by atomic mass is 19.3. The number of alkyl halides is 2. The van der Waals surface area contributed by atoms with E-state index in [1.54, 1.807) is 24.3 Å². The summed E-state index contributed by atoms with van der Waals surface area (Å²) < 4.78 is 39.5. The van der Waals surface area contributed by atoms with Gasteiger partial charge in [0.2, 0.25) is 0 Å². The van der Waals surface area contributed by atoms with E-state index in [4.69, 9.17) is 9.47 Å². The highest BCUT2D eigenvalue weighted by Gasteiger charge is 2.13. The molecule has 0 atom stereocenters. The van der Waals surface area contributed by atoms with E-state index in [2.05, 4.69) is 10.1 Å². The lowest BCUT2D eigenvalue weighted by Gasteiger charge is -2.10. The maximum atomic E-state index is 12.4. The van der Waals surface area contributed by atoms with Crippen molar-refractivity contribution in [2.45, 2.75) is 13.5 Å². The number of halogens is 2. The van der Waals surface area contributed by atoms with Crippen LogP contribution in [0.5, 0.6) is 17.2 Å². The fourth-order valence-electron chi connectivity index (χ4n) is 2.28. The summed E-state index contributed by atoms with van der Waals surface area (Å²) in [6, 6.07) is 12.6. The van der Waals surface area contributed by atoms with Crippen molar-refractivity contribution in [1.82, 2.24) is 0 Å². The summed E-state index contributed by atoms with van der Waals surface area (Å²) in [4.78, 5) is 12.3. The molecule has 28 heavy (non-hydrogen) atoms. The molecule has 0 fully saturated rings. The van der Waals surface area contributed by atoms with E-state index >= 15 is 0 Å². The van der Waals surface area contributed by atoms with Gasteiger partial charge in [-0.05, 0) is 55.0 Å². The maximum Gasteiger partial charge on any atom is 0.387 e. The quantitative estimate of drug-likeness (QED) is 0.540. The molecule has 0 saturated heterocycles. The van der Waals surface area contributed by atoms with Crippen LogP contribution in [-0.2, 0) is 4.79 Å². The van der Waals surface area contributed by atoms with Crippen molar-refractivity contribution in [3.05, 3.63) is 53.6 Å². The van der Waals surface area contributed by atoms with E-state index in [1.165, 1.54) is 31.4 Å². The molecule has 0 unspecified atom stereocenters. The molecule has 0 spiro atoms. The average molecular weight is 388 g/mol. The van der Waals surface area contributed by atoms with Gasteiger partial charge in [0, 0.05) is 5.69 Å². The lowest BCUT2D eigenvalue weighted by atomic mass is 10.1. The third-order valence-corrected chi connectivity index (χ3v) is 3.50. The first kappa shape index (κ1) is 20.7. The van der Waals surface area contributed by atoms with E-state index < -0.39 is 12.5 Å². The molecular formula is C20H18F2N2O4. The smallest absolute Gasteiger partial charge is 0.387 e. The number of ether oxygens (including phenoxy) is 3. The maximum absolute atomic E-state index is 12.4. The zero-order valence-electron chi connectivity index (χ0n) is 15.2. The Labute approximate surface area is 160 Å². The molecule has 146 valence electrons. The van der Waals surface area contributed by atoms with Crippen molar-refractivity contribution in [2.24, 2.45) is 0 Å². The number of nitrogens with one attached hydrogen (secondary N) is 1. The number of anilines is 1. The normalized spacial score (nSPS) is 10.9. The molecule has 0 saturated carbocycles. The van der Waals surface area contributed by atoms with Gasteiger partial charge in [-0.1, -0.05) is 6.07 Å². The van der Waals surface area contributed by atoms with Gasteiger partial charge in [-0.25, -0.2) is 0 Å². The van der Waals surface area contributed by atoms with E-state index in [-0.39, 0.29) is 17.1 Å². The van der Waals surface area contributed by atoms with Crippen molar-refractivity contribution in [3.8, 4) is 23.3 Å². The Morgan fingerprint density at radius 1 is 1.21 bits per heavy atom. The number of rotatable bonds is 8. The van der Waals surface area contributed by atoms with Crippen molar-refractivity contribution >= 4 is 17.7 Å². The van der Waals surface area contributed by atoms with Gasteiger partial charge in [0.05, 0.1) is 13.7 Å². The van der Waals surface area contributed by atoms with Crippen LogP contribution < -0.4 is 19.5 Å². The number of carbonyl (C=O) groups is 1. The molecule has 0 bridgehead atoms. The molecule has 0 aliphatic carbocycles. The minimum atomic E-state index is -3.00. The number of nitrogens with zero attached hydrogens (tertiary/aromatic N) is 1. The van der Waals surface area contributed by atoms with Crippen LogP contribution in [0.15, 0.2) is 48.0 Å². The van der Waals surface area contributed by atoms with Gasteiger partial charge in [0.25, 0.3) is 5.91 Å². The zero-order chi connectivity index (χ0) is 20.5. The van der Waals surface area contributed by atoms with E-state index in [0.29, 0.717) is 23.6 Å². The van der Waals surface area contributed by atoms with Crippen molar-refractivity contribution in [2.75, 3.05) is 19.0 Å². The van der Waals surface area contributed by atoms with Crippen LogP contribution in [0.4, 0.5) is 14.5 Å². The average Bonchev–Trinajstić information content (AvgIpc) is 2.68. The Balaban J connectivity index is 2.18. The van der Waals surface area contributed by atoms with E-state index in [0.717, 1.165) is 0 Å². The minimum absolute atomic E-state index is 0.0539. The molecule has 0 aliphatic heterocycles. The fourth-order valence-corrected chi connectivity index (χ4v) is 2.28. The Morgan fingerprint density at radius 2 is 1.93 bits per heavy atom. The molecule has 1 N–H and O–H groups in total. The van der Waals surface area contributed by atoms with Gasteiger partial charge in [0.1, 0.15) is 17.4 Å². The van der Waals surface area contributed by atoms with Crippen molar-refractivity contribution in [1.29, 1.82) is 5.26 Å². The first-order valence-corrected chi connectivity index (χ1v) is 8.25. The van der Waals surface area contributed by atoms with Crippen LogP contribution in [0.2, 0.25) is 0 Å². The lowest BCUT2D eigenvalue weighted by molar-refractivity contribution is -0.112. The number of hydrogen-bond acceptors (Lipinski definition) is 5. The molecule has 0 radical (unpaired) electrons. The highest BCUT2D eigenvalue weighted by Crippen LogP contribution is 2.30. The van der Waals surface area contributed by atoms with Crippen LogP contribution >= 0.6 is 0 Å². The van der Waals surface area contributed by atoms with Crippen LogP contribution in [0, 0.1) is 11.3 Å². The first-order valence-electron chi connectivity index (χ1n) is 8.25. The largest absolute Gasteiger partial charge is 0.494 e. The summed E-state index contributed by atoms with van der Waals surface area (Å²) in [5.74, 6) is -0.0430. The zero-order valence-corrected chi connectivity index (χ0v) is 15.2. The van der Waals surface area contributed by atoms with Crippen LogP contribution in [0.3, 0.4) is 0 Å².